The Labute approximate surface area is 167 Å². The first kappa shape index (κ1) is 18.1. The first-order valence-corrected chi connectivity index (χ1v) is 10.1. The average Bonchev–Trinajstić information content (AvgIpc) is 3.49. The number of amides is 2. The topological polar surface area (TPSA) is 49.4 Å². The van der Waals surface area contributed by atoms with Crippen molar-refractivity contribution in [3.05, 3.63) is 70.1 Å². The van der Waals surface area contributed by atoms with Gasteiger partial charge < -0.3 is 10.2 Å². The second-order valence-electron chi connectivity index (χ2n) is 6.75. The number of carbonyl (C=O) groups excluding carboxylic acids is 2. The molecule has 27 heavy (non-hydrogen) atoms. The van der Waals surface area contributed by atoms with Crippen LogP contribution in [-0.4, -0.2) is 18.4 Å². The monoisotopic (exact) mass is 398 g/mol. The molecule has 1 N–H and O–H groups in total. The summed E-state index contributed by atoms with van der Waals surface area (Å²) in [4.78, 5) is 28.4. The number of fused-ring (bicyclic) bond motifs is 1. The van der Waals surface area contributed by atoms with Gasteiger partial charge in [-0.3, -0.25) is 9.59 Å². The third-order valence-corrected chi connectivity index (χ3v) is 6.09. The number of hydrogen-bond acceptors (Lipinski definition) is 3. The van der Waals surface area contributed by atoms with Crippen LogP contribution < -0.4 is 10.2 Å². The van der Waals surface area contributed by atoms with E-state index in [1.165, 1.54) is 30.7 Å². The van der Waals surface area contributed by atoms with Crippen LogP contribution in [0.15, 0.2) is 64.4 Å². The van der Waals surface area contributed by atoms with Gasteiger partial charge in [-0.25, -0.2) is 0 Å². The fraction of sp³-hybridized carbons (Fsp3) is 0.238. The highest BCUT2D eigenvalue weighted by molar-refractivity contribution is 8.04. The molecule has 2 aromatic carbocycles. The van der Waals surface area contributed by atoms with Crippen LogP contribution in [0.25, 0.3) is 0 Å². The Hall–Kier alpha value is -2.24. The molecule has 1 saturated carbocycles. The summed E-state index contributed by atoms with van der Waals surface area (Å²) in [5.41, 5.74) is 1.70. The molecule has 4 rings (SSSR count). The predicted octanol–water partition coefficient (Wildman–Crippen LogP) is 4.39. The first-order chi connectivity index (χ1) is 13.1. The van der Waals surface area contributed by atoms with Crippen LogP contribution >= 0.6 is 23.4 Å². The van der Waals surface area contributed by atoms with Gasteiger partial charge in [-0.1, -0.05) is 53.7 Å². The van der Waals surface area contributed by atoms with Crippen LogP contribution in [0.2, 0.25) is 5.02 Å². The number of benzene rings is 2. The number of nitrogens with zero attached hydrogens (tertiary/aromatic N) is 1. The lowest BCUT2D eigenvalue weighted by atomic mass is 10.1. The van der Waals surface area contributed by atoms with Gasteiger partial charge in [0.25, 0.3) is 5.91 Å². The molecule has 0 saturated heterocycles. The van der Waals surface area contributed by atoms with E-state index in [1.807, 2.05) is 48.5 Å². The van der Waals surface area contributed by atoms with Crippen LogP contribution in [0.1, 0.15) is 18.4 Å². The number of carbonyl (C=O) groups is 2. The van der Waals surface area contributed by atoms with Crippen molar-refractivity contribution in [1.29, 1.82) is 0 Å². The van der Waals surface area contributed by atoms with E-state index in [4.69, 9.17) is 11.6 Å². The van der Waals surface area contributed by atoms with Gasteiger partial charge >= 0.3 is 0 Å². The van der Waals surface area contributed by atoms with Gasteiger partial charge in [0.1, 0.15) is 0 Å². The Bertz CT molecular complexity index is 924. The van der Waals surface area contributed by atoms with Gasteiger partial charge in [-0.15, -0.1) is 0 Å². The molecule has 2 aromatic rings. The summed E-state index contributed by atoms with van der Waals surface area (Å²) in [6.45, 7) is 1.04. The van der Waals surface area contributed by atoms with Crippen molar-refractivity contribution in [2.75, 3.05) is 11.4 Å². The molecule has 0 radical (unpaired) electrons. The van der Waals surface area contributed by atoms with Crippen LogP contribution in [0.4, 0.5) is 5.69 Å². The lowest BCUT2D eigenvalue weighted by Gasteiger charge is -2.30. The lowest BCUT2D eigenvalue weighted by molar-refractivity contribution is -0.118. The van der Waals surface area contributed by atoms with E-state index in [-0.39, 0.29) is 11.8 Å². The van der Waals surface area contributed by atoms with Gasteiger partial charge in [0.2, 0.25) is 5.91 Å². The first-order valence-electron chi connectivity index (χ1n) is 8.93. The molecule has 2 aliphatic rings. The Morgan fingerprint density at radius 2 is 1.93 bits per heavy atom. The number of hydrogen-bond donors (Lipinski definition) is 1. The standard InChI is InChI=1S/C21H19ClN2O2S/c22-16-6-2-1-5-15(16)13-24-17-7-3-4-8-18(17)27-19(21(24)26)11-20(25)23-12-14-9-10-14/h1-8,11,14H,9-10,12-13H2,(H,23,25)/b19-11+. The molecule has 1 fully saturated rings. The maximum atomic E-state index is 13.1. The highest BCUT2D eigenvalue weighted by atomic mass is 35.5. The van der Waals surface area contributed by atoms with Gasteiger partial charge in [0, 0.05) is 22.5 Å². The molecule has 0 unspecified atom stereocenters. The predicted molar refractivity (Wildman–Crippen MR) is 109 cm³/mol. The number of thioether (sulfide) groups is 1. The molecule has 0 atom stereocenters. The maximum Gasteiger partial charge on any atom is 0.265 e. The Kier molecular flexibility index (Phi) is 5.23. The van der Waals surface area contributed by atoms with Crippen LogP contribution in [0.5, 0.6) is 0 Å². The molecular weight excluding hydrogens is 380 g/mol. The van der Waals surface area contributed by atoms with Crippen molar-refractivity contribution in [3.63, 3.8) is 0 Å². The number of anilines is 1. The number of halogens is 1. The van der Waals surface area contributed by atoms with Crippen molar-refractivity contribution >= 4 is 40.9 Å². The van der Waals surface area contributed by atoms with Crippen molar-refractivity contribution in [1.82, 2.24) is 5.32 Å². The van der Waals surface area contributed by atoms with Gasteiger partial charge in [-0.2, -0.15) is 0 Å². The maximum absolute atomic E-state index is 13.1. The summed E-state index contributed by atoms with van der Waals surface area (Å²) in [6, 6.07) is 15.2. The van der Waals surface area contributed by atoms with Crippen molar-refractivity contribution in [2.24, 2.45) is 5.92 Å². The van der Waals surface area contributed by atoms with Crippen LogP contribution in [-0.2, 0) is 16.1 Å². The molecule has 1 aliphatic carbocycles. The zero-order chi connectivity index (χ0) is 18.8. The number of rotatable bonds is 5. The highest BCUT2D eigenvalue weighted by Crippen LogP contribution is 2.42. The summed E-state index contributed by atoms with van der Waals surface area (Å²) < 4.78 is 0. The van der Waals surface area contributed by atoms with E-state index >= 15 is 0 Å². The molecular formula is C21H19ClN2O2S. The van der Waals surface area contributed by atoms with E-state index in [2.05, 4.69) is 5.32 Å². The normalized spacial score (nSPS) is 17.7. The summed E-state index contributed by atoms with van der Waals surface area (Å²) >= 11 is 7.63. The zero-order valence-corrected chi connectivity index (χ0v) is 16.2. The molecule has 0 aromatic heterocycles. The average molecular weight is 399 g/mol. The minimum Gasteiger partial charge on any atom is -0.352 e. The molecule has 2 amide bonds. The minimum absolute atomic E-state index is 0.180. The molecule has 0 spiro atoms. The Morgan fingerprint density at radius 1 is 1.19 bits per heavy atom. The lowest BCUT2D eigenvalue weighted by Crippen LogP contribution is -2.34. The number of nitrogens with one attached hydrogen (secondary N) is 1. The molecule has 138 valence electrons. The summed E-state index contributed by atoms with van der Waals surface area (Å²) in [7, 11) is 0. The zero-order valence-electron chi connectivity index (χ0n) is 14.7. The van der Waals surface area contributed by atoms with Crippen LogP contribution in [0.3, 0.4) is 0 Å². The largest absolute Gasteiger partial charge is 0.352 e. The van der Waals surface area contributed by atoms with E-state index < -0.39 is 0 Å². The third kappa shape index (κ3) is 4.20. The van der Waals surface area contributed by atoms with Crippen molar-refractivity contribution in [3.8, 4) is 0 Å². The molecule has 1 heterocycles. The minimum atomic E-state index is -0.213. The fourth-order valence-corrected chi connectivity index (χ4v) is 4.18. The second kappa shape index (κ2) is 7.79. The van der Waals surface area contributed by atoms with Gasteiger partial charge in [0.05, 0.1) is 17.1 Å². The highest BCUT2D eigenvalue weighted by Gasteiger charge is 2.30. The molecule has 1 aliphatic heterocycles. The third-order valence-electron chi connectivity index (χ3n) is 4.64. The SMILES string of the molecule is O=C(/C=C1/Sc2ccccc2N(Cc2ccccc2Cl)C1=O)NCC1CC1. The Morgan fingerprint density at radius 3 is 2.70 bits per heavy atom. The van der Waals surface area contributed by atoms with E-state index in [9.17, 15) is 9.59 Å². The molecule has 0 bridgehead atoms. The second-order valence-corrected chi connectivity index (χ2v) is 8.24. The van der Waals surface area contributed by atoms with Crippen molar-refractivity contribution < 1.29 is 9.59 Å². The van der Waals surface area contributed by atoms with E-state index in [0.717, 1.165) is 16.1 Å². The van der Waals surface area contributed by atoms with Crippen molar-refractivity contribution in [2.45, 2.75) is 24.3 Å². The summed E-state index contributed by atoms with van der Waals surface area (Å²) in [5.74, 6) is 0.203. The molecule has 4 nitrogen and oxygen atoms in total. The summed E-state index contributed by atoms with van der Waals surface area (Å²) in [5, 5.41) is 3.51. The molecule has 6 heteroatoms. The van der Waals surface area contributed by atoms with E-state index in [1.54, 1.807) is 4.90 Å². The van der Waals surface area contributed by atoms with Crippen LogP contribution in [0, 0.1) is 5.92 Å². The van der Waals surface area contributed by atoms with Gasteiger partial charge in [-0.05, 0) is 42.5 Å². The Balaban J connectivity index is 1.61. The fourth-order valence-electron chi connectivity index (χ4n) is 2.95. The summed E-state index contributed by atoms with van der Waals surface area (Å²) in [6.07, 6.45) is 3.76. The van der Waals surface area contributed by atoms with E-state index in [0.29, 0.717) is 28.9 Å². The van der Waals surface area contributed by atoms with Gasteiger partial charge in [0.15, 0.2) is 0 Å². The quantitative estimate of drug-likeness (QED) is 0.760. The smallest absolute Gasteiger partial charge is 0.265 e. The number of para-hydroxylation sites is 1.